The Hall–Kier alpha value is -5.61. The van der Waals surface area contributed by atoms with Gasteiger partial charge in [0.15, 0.2) is 17.5 Å². The summed E-state index contributed by atoms with van der Waals surface area (Å²) < 4.78 is 6.52. The standard InChI is InChI=1S/C37H23N3O/c1-3-12-25(13-4-1)28-19-10-21-30-33-31(22-11-23-32(33)41-34(28)30)37-39-35(26-15-5-2-6-16-26)38-36(40-37)29-20-9-17-24-14-7-8-18-27(24)29/h1-23H. The molecule has 2 aromatic heterocycles. The Bertz CT molecular complexity index is 2200. The molecule has 8 rings (SSSR count). The molecule has 0 spiro atoms. The molecule has 0 aliphatic heterocycles. The second-order valence-electron chi connectivity index (χ2n) is 10.0. The largest absolute Gasteiger partial charge is 0.455 e. The van der Waals surface area contributed by atoms with Crippen molar-refractivity contribution < 1.29 is 4.42 Å². The molecule has 2 heterocycles. The molecule has 0 radical (unpaired) electrons. The summed E-state index contributed by atoms with van der Waals surface area (Å²) in [5.41, 5.74) is 6.65. The van der Waals surface area contributed by atoms with Crippen LogP contribution in [0, 0.1) is 0 Å². The van der Waals surface area contributed by atoms with Gasteiger partial charge in [-0.25, -0.2) is 15.0 Å². The molecule has 4 heteroatoms. The third kappa shape index (κ3) is 3.97. The molecule has 0 fully saturated rings. The average Bonchev–Trinajstić information content (AvgIpc) is 3.44. The van der Waals surface area contributed by atoms with Crippen LogP contribution in [0.1, 0.15) is 0 Å². The summed E-state index contributed by atoms with van der Waals surface area (Å²) in [6, 6.07) is 47.4. The maximum Gasteiger partial charge on any atom is 0.164 e. The lowest BCUT2D eigenvalue weighted by Gasteiger charge is -2.11. The highest BCUT2D eigenvalue weighted by Gasteiger charge is 2.19. The van der Waals surface area contributed by atoms with Gasteiger partial charge in [-0.05, 0) is 22.4 Å². The van der Waals surface area contributed by atoms with Gasteiger partial charge < -0.3 is 4.42 Å². The Labute approximate surface area is 236 Å². The Kier molecular flexibility index (Phi) is 5.42. The van der Waals surface area contributed by atoms with Gasteiger partial charge in [0.25, 0.3) is 0 Å². The third-order valence-electron chi connectivity index (χ3n) is 7.55. The fraction of sp³-hybridized carbons (Fsp3) is 0. The Balaban J connectivity index is 1.41. The van der Waals surface area contributed by atoms with E-state index in [-0.39, 0.29) is 0 Å². The molecule has 0 bridgehead atoms. The van der Waals surface area contributed by atoms with Crippen molar-refractivity contribution in [3.63, 3.8) is 0 Å². The molecule has 0 atom stereocenters. The van der Waals surface area contributed by atoms with Crippen LogP contribution in [0.15, 0.2) is 144 Å². The van der Waals surface area contributed by atoms with Gasteiger partial charge in [0, 0.05) is 33.0 Å². The molecule has 0 amide bonds. The Morgan fingerprint density at radius 2 is 0.951 bits per heavy atom. The van der Waals surface area contributed by atoms with Crippen molar-refractivity contribution in [2.75, 3.05) is 0 Å². The van der Waals surface area contributed by atoms with Crippen LogP contribution in [-0.2, 0) is 0 Å². The first-order valence-electron chi connectivity index (χ1n) is 13.6. The van der Waals surface area contributed by atoms with Gasteiger partial charge >= 0.3 is 0 Å². The molecule has 4 nitrogen and oxygen atoms in total. The first kappa shape index (κ1) is 23.3. The van der Waals surface area contributed by atoms with Gasteiger partial charge in [-0.15, -0.1) is 0 Å². The van der Waals surface area contributed by atoms with E-state index in [9.17, 15) is 0 Å². The fourth-order valence-corrected chi connectivity index (χ4v) is 5.63. The van der Waals surface area contributed by atoms with Crippen LogP contribution < -0.4 is 0 Å². The number of benzene rings is 6. The number of aromatic nitrogens is 3. The van der Waals surface area contributed by atoms with Crippen molar-refractivity contribution in [3.8, 4) is 45.3 Å². The lowest BCUT2D eigenvalue weighted by Crippen LogP contribution is -2.00. The van der Waals surface area contributed by atoms with Crippen LogP contribution in [0.25, 0.3) is 78.0 Å². The topological polar surface area (TPSA) is 51.8 Å². The molecular weight excluding hydrogens is 502 g/mol. The van der Waals surface area contributed by atoms with Crippen molar-refractivity contribution in [2.24, 2.45) is 0 Å². The van der Waals surface area contributed by atoms with Gasteiger partial charge in [0.05, 0.1) is 0 Å². The van der Waals surface area contributed by atoms with Gasteiger partial charge in [0.1, 0.15) is 11.2 Å². The van der Waals surface area contributed by atoms with Crippen LogP contribution in [0.4, 0.5) is 0 Å². The summed E-state index contributed by atoms with van der Waals surface area (Å²) in [6.07, 6.45) is 0. The van der Waals surface area contributed by atoms with E-state index < -0.39 is 0 Å². The molecule has 192 valence electrons. The highest BCUT2D eigenvalue weighted by atomic mass is 16.3. The van der Waals surface area contributed by atoms with Crippen LogP contribution >= 0.6 is 0 Å². The summed E-state index contributed by atoms with van der Waals surface area (Å²) in [6.45, 7) is 0. The van der Waals surface area contributed by atoms with E-state index in [1.165, 1.54) is 0 Å². The molecule has 0 aliphatic carbocycles. The molecular formula is C37H23N3O. The van der Waals surface area contributed by atoms with E-state index in [1.54, 1.807) is 0 Å². The second kappa shape index (κ2) is 9.54. The number of fused-ring (bicyclic) bond motifs is 4. The van der Waals surface area contributed by atoms with Crippen molar-refractivity contribution >= 4 is 32.7 Å². The molecule has 0 saturated carbocycles. The first-order chi connectivity index (χ1) is 20.3. The van der Waals surface area contributed by atoms with E-state index in [1.807, 2.05) is 60.7 Å². The van der Waals surface area contributed by atoms with Crippen molar-refractivity contribution in [2.45, 2.75) is 0 Å². The minimum Gasteiger partial charge on any atom is -0.455 e. The summed E-state index contributed by atoms with van der Waals surface area (Å²) in [5.74, 6) is 1.88. The zero-order valence-electron chi connectivity index (χ0n) is 22.0. The summed E-state index contributed by atoms with van der Waals surface area (Å²) in [4.78, 5) is 15.1. The van der Waals surface area contributed by atoms with Gasteiger partial charge in [-0.2, -0.15) is 0 Å². The monoisotopic (exact) mass is 525 g/mol. The number of nitrogens with zero attached hydrogens (tertiary/aromatic N) is 3. The predicted molar refractivity (Wildman–Crippen MR) is 166 cm³/mol. The van der Waals surface area contributed by atoms with Crippen molar-refractivity contribution in [1.82, 2.24) is 15.0 Å². The molecule has 0 unspecified atom stereocenters. The van der Waals surface area contributed by atoms with Gasteiger partial charge in [0.2, 0.25) is 0 Å². The van der Waals surface area contributed by atoms with Crippen LogP contribution in [-0.4, -0.2) is 15.0 Å². The van der Waals surface area contributed by atoms with E-state index in [0.717, 1.165) is 60.5 Å². The molecule has 0 N–H and O–H groups in total. The smallest absolute Gasteiger partial charge is 0.164 e. The third-order valence-corrected chi connectivity index (χ3v) is 7.55. The Morgan fingerprint density at radius 1 is 0.390 bits per heavy atom. The molecule has 0 aliphatic rings. The lowest BCUT2D eigenvalue weighted by atomic mass is 10.0. The van der Waals surface area contributed by atoms with Gasteiger partial charge in [-0.1, -0.05) is 133 Å². The second-order valence-corrected chi connectivity index (χ2v) is 10.0. The quantitative estimate of drug-likeness (QED) is 0.230. The van der Waals surface area contributed by atoms with Crippen molar-refractivity contribution in [1.29, 1.82) is 0 Å². The van der Waals surface area contributed by atoms with Crippen LogP contribution in [0.2, 0.25) is 0 Å². The molecule has 41 heavy (non-hydrogen) atoms. The molecule has 0 saturated heterocycles. The zero-order valence-corrected chi connectivity index (χ0v) is 22.0. The maximum absolute atomic E-state index is 6.52. The molecule has 6 aromatic carbocycles. The number of furan rings is 1. The van der Waals surface area contributed by atoms with Crippen LogP contribution in [0.5, 0.6) is 0 Å². The van der Waals surface area contributed by atoms with E-state index >= 15 is 0 Å². The van der Waals surface area contributed by atoms with E-state index in [4.69, 9.17) is 19.4 Å². The number of para-hydroxylation sites is 1. The van der Waals surface area contributed by atoms with Crippen LogP contribution in [0.3, 0.4) is 0 Å². The average molecular weight is 526 g/mol. The van der Waals surface area contributed by atoms with E-state index in [0.29, 0.717) is 17.5 Å². The minimum absolute atomic E-state index is 0.611. The SMILES string of the molecule is c1ccc(-c2nc(-c3cccc4ccccc34)nc(-c3cccc4oc5c(-c6ccccc6)cccc5c34)n2)cc1. The normalized spacial score (nSPS) is 11.4. The summed E-state index contributed by atoms with van der Waals surface area (Å²) >= 11 is 0. The van der Waals surface area contributed by atoms with E-state index in [2.05, 4.69) is 78.9 Å². The number of hydrogen-bond donors (Lipinski definition) is 0. The number of rotatable bonds is 4. The predicted octanol–water partition coefficient (Wildman–Crippen LogP) is 9.59. The maximum atomic E-state index is 6.52. The fourth-order valence-electron chi connectivity index (χ4n) is 5.63. The summed E-state index contributed by atoms with van der Waals surface area (Å²) in [5, 5.41) is 4.27. The summed E-state index contributed by atoms with van der Waals surface area (Å²) in [7, 11) is 0. The lowest BCUT2D eigenvalue weighted by molar-refractivity contribution is 0.670. The first-order valence-corrected chi connectivity index (χ1v) is 13.6. The molecule has 8 aromatic rings. The highest BCUT2D eigenvalue weighted by molar-refractivity contribution is 6.15. The Morgan fingerprint density at radius 3 is 1.78 bits per heavy atom. The number of hydrogen-bond acceptors (Lipinski definition) is 4. The van der Waals surface area contributed by atoms with Crippen molar-refractivity contribution in [3.05, 3.63) is 140 Å². The van der Waals surface area contributed by atoms with Gasteiger partial charge in [-0.3, -0.25) is 0 Å². The minimum atomic E-state index is 0.611. The zero-order chi connectivity index (χ0) is 27.2. The highest BCUT2D eigenvalue weighted by Crippen LogP contribution is 2.40.